The number of nitriles is 1. The quantitative estimate of drug-likeness (QED) is 0.0843. The molecule has 3 atom stereocenters. The first kappa shape index (κ1) is 34.2. The molecule has 0 spiro atoms. The number of phosphoric acid groups is 1. The van der Waals surface area contributed by atoms with Gasteiger partial charge in [-0.2, -0.15) is 5.26 Å². The summed E-state index contributed by atoms with van der Waals surface area (Å²) in [6, 6.07) is 1.95. The summed E-state index contributed by atoms with van der Waals surface area (Å²) in [6.45, 7) is 3.89. The number of hydrogen-bond donors (Lipinski definition) is 1. The second-order valence-electron chi connectivity index (χ2n) is 10.3. The Labute approximate surface area is 238 Å². The van der Waals surface area contributed by atoms with Crippen molar-refractivity contribution in [3.63, 3.8) is 0 Å². The van der Waals surface area contributed by atoms with Gasteiger partial charge in [-0.25, -0.2) is 9.36 Å². The van der Waals surface area contributed by atoms with Crippen LogP contribution in [0.2, 0.25) is 0 Å². The normalized spacial score (nSPS) is 18.1. The number of aromatic amines is 1. The van der Waals surface area contributed by atoms with Crippen molar-refractivity contribution in [2.75, 3.05) is 19.8 Å². The third kappa shape index (κ3) is 13.6. The third-order valence-corrected chi connectivity index (χ3v) is 8.30. The molecule has 0 aromatic carbocycles. The van der Waals surface area contributed by atoms with Crippen LogP contribution in [-0.4, -0.2) is 35.5 Å². The number of phosphoric ester groups is 1. The van der Waals surface area contributed by atoms with Gasteiger partial charge in [0.15, 0.2) is 6.23 Å². The summed E-state index contributed by atoms with van der Waals surface area (Å²) < 4.78 is 36.5. The van der Waals surface area contributed by atoms with Gasteiger partial charge in [0.1, 0.15) is 6.10 Å². The van der Waals surface area contributed by atoms with E-state index >= 15 is 0 Å². The molecule has 0 saturated heterocycles. The number of unbranched alkanes of at least 4 members (excludes halogenated alkanes) is 13. The van der Waals surface area contributed by atoms with Crippen molar-refractivity contribution >= 4 is 7.82 Å². The van der Waals surface area contributed by atoms with Crippen LogP contribution in [0.5, 0.6) is 0 Å². The second kappa shape index (κ2) is 20.0. The van der Waals surface area contributed by atoms with Crippen molar-refractivity contribution in [3.8, 4) is 6.07 Å². The molecule has 1 aromatic heterocycles. The number of H-pyrrole nitrogens is 1. The highest BCUT2D eigenvalue weighted by Gasteiger charge is 2.30. The van der Waals surface area contributed by atoms with E-state index in [9.17, 15) is 14.2 Å². The van der Waals surface area contributed by atoms with E-state index in [4.69, 9.17) is 23.6 Å². The molecule has 226 valence electrons. The predicted octanol–water partition coefficient (Wildman–Crippen LogP) is 6.85. The Bertz CT molecular complexity index is 1080. The molecule has 10 nitrogen and oxygen atoms in total. The molecule has 0 amide bonds. The number of nitrogens with one attached hydrogen (secondary N) is 1. The van der Waals surface area contributed by atoms with Gasteiger partial charge in [0.25, 0.3) is 5.56 Å². The van der Waals surface area contributed by atoms with E-state index in [2.05, 4.69) is 11.9 Å². The number of aromatic nitrogens is 2. The topological polar surface area (TPSA) is 133 Å². The van der Waals surface area contributed by atoms with Crippen LogP contribution in [0.1, 0.15) is 115 Å². The fraction of sp³-hybridized carbons (Fsp3) is 0.759. The van der Waals surface area contributed by atoms with Gasteiger partial charge < -0.3 is 4.74 Å². The average molecular weight is 582 g/mol. The molecule has 2 heterocycles. The molecule has 1 aliphatic rings. The van der Waals surface area contributed by atoms with Crippen molar-refractivity contribution in [3.05, 3.63) is 44.8 Å². The van der Waals surface area contributed by atoms with Crippen LogP contribution in [-0.2, 0) is 22.9 Å². The Morgan fingerprint density at radius 3 is 2.08 bits per heavy atom. The van der Waals surface area contributed by atoms with E-state index in [0.717, 1.165) is 19.3 Å². The lowest BCUT2D eigenvalue weighted by molar-refractivity contribution is -0.0148. The molecule has 0 bridgehead atoms. The number of hydrogen-bond acceptors (Lipinski definition) is 8. The number of nitrogens with zero attached hydrogens (tertiary/aromatic N) is 2. The number of aryl methyl sites for hydroxylation is 1. The smallest absolute Gasteiger partial charge is 0.344 e. The van der Waals surface area contributed by atoms with Crippen molar-refractivity contribution in [1.29, 1.82) is 5.26 Å². The summed E-state index contributed by atoms with van der Waals surface area (Å²) in [5, 5.41) is 8.80. The van der Waals surface area contributed by atoms with Crippen molar-refractivity contribution in [1.82, 2.24) is 9.55 Å². The fourth-order valence-corrected chi connectivity index (χ4v) is 5.69. The summed E-state index contributed by atoms with van der Waals surface area (Å²) in [7, 11) is -3.88. The lowest BCUT2D eigenvalue weighted by Crippen LogP contribution is -2.33. The zero-order valence-electron chi connectivity index (χ0n) is 24.3. The van der Waals surface area contributed by atoms with Gasteiger partial charge in [-0.3, -0.25) is 27.9 Å². The van der Waals surface area contributed by atoms with Gasteiger partial charge >= 0.3 is 13.5 Å². The van der Waals surface area contributed by atoms with E-state index in [-0.39, 0.29) is 26.2 Å². The highest BCUT2D eigenvalue weighted by Crippen LogP contribution is 2.50. The highest BCUT2D eigenvalue weighted by atomic mass is 31.2. The summed E-state index contributed by atoms with van der Waals surface area (Å²) in [6.07, 6.45) is 20.9. The fourth-order valence-electron chi connectivity index (χ4n) is 4.47. The summed E-state index contributed by atoms with van der Waals surface area (Å²) in [5.74, 6) is 0. The standard InChI is InChI=1S/C29H48N3O7P/c1-3-4-5-6-7-8-9-10-11-12-13-14-15-16-21-36-40(35,37-22-17-20-30)38-24-26-18-19-27(39-26)32-23-25(2)28(33)31-29(32)34/h18-19,23,26-27H,3-17,21-22,24H2,1-2H3,(H,31,33,34). The molecule has 1 aromatic rings. The first-order chi connectivity index (χ1) is 19.4. The van der Waals surface area contributed by atoms with Gasteiger partial charge in [0.05, 0.1) is 32.3 Å². The number of rotatable bonds is 23. The van der Waals surface area contributed by atoms with Gasteiger partial charge in [-0.1, -0.05) is 96.5 Å². The van der Waals surface area contributed by atoms with Crippen molar-refractivity contribution in [2.45, 2.75) is 122 Å². The largest absolute Gasteiger partial charge is 0.474 e. The third-order valence-electron chi connectivity index (χ3n) is 6.83. The molecule has 3 unspecified atom stereocenters. The zero-order chi connectivity index (χ0) is 29.1. The molecular formula is C29H48N3O7P. The maximum Gasteiger partial charge on any atom is 0.474 e. The molecular weight excluding hydrogens is 533 g/mol. The van der Waals surface area contributed by atoms with E-state index in [1.807, 2.05) is 6.07 Å². The molecule has 11 heteroatoms. The first-order valence-electron chi connectivity index (χ1n) is 14.9. The highest BCUT2D eigenvalue weighted by molar-refractivity contribution is 7.48. The first-order valence-corrected chi connectivity index (χ1v) is 16.4. The molecule has 0 aliphatic carbocycles. The minimum Gasteiger partial charge on any atom is -0.344 e. The second-order valence-corrected chi connectivity index (χ2v) is 12.0. The Morgan fingerprint density at radius 1 is 0.900 bits per heavy atom. The summed E-state index contributed by atoms with van der Waals surface area (Å²) in [4.78, 5) is 26.0. The Morgan fingerprint density at radius 2 is 1.48 bits per heavy atom. The van der Waals surface area contributed by atoms with Gasteiger partial charge in [0, 0.05) is 11.8 Å². The predicted molar refractivity (Wildman–Crippen MR) is 155 cm³/mol. The van der Waals surface area contributed by atoms with Crippen LogP contribution in [0.3, 0.4) is 0 Å². The van der Waals surface area contributed by atoms with Gasteiger partial charge in [0.2, 0.25) is 0 Å². The van der Waals surface area contributed by atoms with Crippen LogP contribution in [0, 0.1) is 18.3 Å². The lowest BCUT2D eigenvalue weighted by atomic mass is 10.0. The lowest BCUT2D eigenvalue weighted by Gasteiger charge is -2.20. The Kier molecular flexibility index (Phi) is 17.1. The average Bonchev–Trinajstić information content (AvgIpc) is 3.41. The summed E-state index contributed by atoms with van der Waals surface area (Å²) >= 11 is 0. The van der Waals surface area contributed by atoms with E-state index in [1.54, 1.807) is 19.1 Å². The minimum absolute atomic E-state index is 0.0615. The SMILES string of the molecule is CCCCCCCCCCCCCCCCOP(=O)(OCCC#N)OCC1C=CC(n2cc(C)c(=O)[nH]c2=O)O1. The van der Waals surface area contributed by atoms with E-state index in [1.165, 1.54) is 81.4 Å². The Balaban J connectivity index is 1.63. The Hall–Kier alpha value is -2.02. The molecule has 1 aliphatic heterocycles. The van der Waals surface area contributed by atoms with Gasteiger partial charge in [-0.15, -0.1) is 0 Å². The molecule has 0 radical (unpaired) electrons. The maximum absolute atomic E-state index is 13.1. The maximum atomic E-state index is 13.1. The minimum atomic E-state index is -3.88. The molecule has 2 rings (SSSR count). The van der Waals surface area contributed by atoms with Crippen molar-refractivity contribution in [2.24, 2.45) is 0 Å². The van der Waals surface area contributed by atoms with Gasteiger partial charge in [-0.05, 0) is 19.4 Å². The molecule has 0 fully saturated rings. The van der Waals surface area contributed by atoms with Crippen LogP contribution in [0.25, 0.3) is 0 Å². The van der Waals surface area contributed by atoms with Crippen molar-refractivity contribution < 1.29 is 22.9 Å². The zero-order valence-corrected chi connectivity index (χ0v) is 25.2. The van der Waals surface area contributed by atoms with Crippen LogP contribution in [0.15, 0.2) is 27.9 Å². The van der Waals surface area contributed by atoms with E-state index < -0.39 is 31.4 Å². The molecule has 1 N–H and O–H groups in total. The van der Waals surface area contributed by atoms with E-state index in [0.29, 0.717) is 5.56 Å². The van der Waals surface area contributed by atoms with Crippen LogP contribution in [0.4, 0.5) is 0 Å². The molecule has 40 heavy (non-hydrogen) atoms. The monoisotopic (exact) mass is 581 g/mol. The van der Waals surface area contributed by atoms with Crippen LogP contribution < -0.4 is 11.2 Å². The summed E-state index contributed by atoms with van der Waals surface area (Å²) in [5.41, 5.74) is -0.660. The molecule has 0 saturated carbocycles. The van der Waals surface area contributed by atoms with Crippen LogP contribution >= 0.6 is 7.82 Å². The number of ether oxygens (including phenoxy) is 1.